The summed E-state index contributed by atoms with van der Waals surface area (Å²) in [7, 11) is 0. The molecule has 0 aromatic heterocycles. The van der Waals surface area contributed by atoms with E-state index in [0.717, 1.165) is 12.5 Å². The van der Waals surface area contributed by atoms with Gasteiger partial charge in [-0.3, -0.25) is 0 Å². The van der Waals surface area contributed by atoms with Crippen molar-refractivity contribution in [2.45, 2.75) is 70.3 Å². The number of aliphatic hydroxyl groups is 1. The summed E-state index contributed by atoms with van der Waals surface area (Å²) in [5.41, 5.74) is 0. The van der Waals surface area contributed by atoms with Gasteiger partial charge in [0.05, 0.1) is 0 Å². The molecule has 90 valence electrons. The Morgan fingerprint density at radius 3 is 2.20 bits per heavy atom. The van der Waals surface area contributed by atoms with Crippen LogP contribution < -0.4 is 5.32 Å². The molecule has 1 fully saturated rings. The SMILES string of the molecule is OCCCCCCNC1CCCCCC1. The molecule has 0 aromatic carbocycles. The first-order valence-electron chi connectivity index (χ1n) is 6.77. The van der Waals surface area contributed by atoms with Crippen molar-refractivity contribution in [2.75, 3.05) is 13.2 Å². The summed E-state index contributed by atoms with van der Waals surface area (Å²) in [6.45, 7) is 1.53. The number of aliphatic hydroxyl groups excluding tert-OH is 1. The first-order chi connectivity index (χ1) is 7.43. The molecule has 1 rings (SSSR count). The standard InChI is InChI=1S/C13H27NO/c15-12-8-4-3-7-11-14-13-9-5-1-2-6-10-13/h13-15H,1-12H2. The average Bonchev–Trinajstić information content (AvgIpc) is 2.52. The van der Waals surface area contributed by atoms with Gasteiger partial charge in [0.25, 0.3) is 0 Å². The molecule has 0 heterocycles. The summed E-state index contributed by atoms with van der Waals surface area (Å²) >= 11 is 0. The van der Waals surface area contributed by atoms with E-state index in [0.29, 0.717) is 6.61 Å². The zero-order valence-corrected chi connectivity index (χ0v) is 10.0. The van der Waals surface area contributed by atoms with Gasteiger partial charge < -0.3 is 10.4 Å². The van der Waals surface area contributed by atoms with E-state index in [1.54, 1.807) is 0 Å². The summed E-state index contributed by atoms with van der Waals surface area (Å²) in [6, 6.07) is 0.797. The van der Waals surface area contributed by atoms with Crippen LogP contribution in [0.3, 0.4) is 0 Å². The van der Waals surface area contributed by atoms with Crippen molar-refractivity contribution in [2.24, 2.45) is 0 Å². The highest BCUT2D eigenvalue weighted by Gasteiger charge is 2.10. The minimum Gasteiger partial charge on any atom is -0.396 e. The Labute approximate surface area is 94.5 Å². The predicted octanol–water partition coefficient (Wildman–Crippen LogP) is 2.85. The Morgan fingerprint density at radius 1 is 0.867 bits per heavy atom. The van der Waals surface area contributed by atoms with E-state index in [4.69, 9.17) is 5.11 Å². The summed E-state index contributed by atoms with van der Waals surface area (Å²) in [5, 5.41) is 12.3. The van der Waals surface area contributed by atoms with Crippen LogP contribution in [0, 0.1) is 0 Å². The molecule has 0 radical (unpaired) electrons. The Morgan fingerprint density at radius 2 is 1.53 bits per heavy atom. The highest BCUT2D eigenvalue weighted by molar-refractivity contribution is 4.70. The molecular formula is C13H27NO. The quantitative estimate of drug-likeness (QED) is 0.503. The number of hydrogen-bond acceptors (Lipinski definition) is 2. The van der Waals surface area contributed by atoms with Gasteiger partial charge in [0, 0.05) is 12.6 Å². The molecule has 0 bridgehead atoms. The second kappa shape index (κ2) is 9.17. The number of hydrogen-bond donors (Lipinski definition) is 2. The summed E-state index contributed by atoms with van der Waals surface area (Å²) < 4.78 is 0. The first-order valence-corrected chi connectivity index (χ1v) is 6.77. The van der Waals surface area contributed by atoms with Crippen LogP contribution in [0.1, 0.15) is 64.2 Å². The number of rotatable bonds is 7. The molecular weight excluding hydrogens is 186 g/mol. The van der Waals surface area contributed by atoms with Gasteiger partial charge in [-0.05, 0) is 32.2 Å². The molecule has 1 aliphatic carbocycles. The molecule has 0 unspecified atom stereocenters. The molecule has 0 amide bonds. The molecule has 0 aliphatic heterocycles. The van der Waals surface area contributed by atoms with Gasteiger partial charge in [-0.1, -0.05) is 38.5 Å². The van der Waals surface area contributed by atoms with Crippen LogP contribution in [-0.2, 0) is 0 Å². The predicted molar refractivity (Wildman–Crippen MR) is 65.0 cm³/mol. The van der Waals surface area contributed by atoms with Gasteiger partial charge in [-0.2, -0.15) is 0 Å². The van der Waals surface area contributed by atoms with Gasteiger partial charge in [0.15, 0.2) is 0 Å². The molecule has 1 saturated carbocycles. The lowest BCUT2D eigenvalue weighted by Gasteiger charge is -2.15. The fourth-order valence-corrected chi connectivity index (χ4v) is 2.38. The number of unbranched alkanes of at least 4 members (excludes halogenated alkanes) is 3. The first kappa shape index (κ1) is 13.0. The van der Waals surface area contributed by atoms with Crippen molar-refractivity contribution in [1.29, 1.82) is 0 Å². The van der Waals surface area contributed by atoms with Gasteiger partial charge >= 0.3 is 0 Å². The largest absolute Gasteiger partial charge is 0.396 e. The Hall–Kier alpha value is -0.0800. The monoisotopic (exact) mass is 213 g/mol. The van der Waals surface area contributed by atoms with E-state index in [9.17, 15) is 0 Å². The van der Waals surface area contributed by atoms with Crippen molar-refractivity contribution in [3.8, 4) is 0 Å². The fraction of sp³-hybridized carbons (Fsp3) is 1.00. The lowest BCUT2D eigenvalue weighted by Crippen LogP contribution is -2.29. The maximum atomic E-state index is 8.64. The van der Waals surface area contributed by atoms with Crippen molar-refractivity contribution >= 4 is 0 Å². The normalized spacial score (nSPS) is 19.0. The third-order valence-electron chi connectivity index (χ3n) is 3.37. The third kappa shape index (κ3) is 6.91. The van der Waals surface area contributed by atoms with Crippen molar-refractivity contribution < 1.29 is 5.11 Å². The van der Waals surface area contributed by atoms with E-state index >= 15 is 0 Å². The maximum Gasteiger partial charge on any atom is 0.0431 e. The third-order valence-corrected chi connectivity index (χ3v) is 3.37. The van der Waals surface area contributed by atoms with Crippen molar-refractivity contribution in [3.63, 3.8) is 0 Å². The van der Waals surface area contributed by atoms with Crippen LogP contribution in [0.15, 0.2) is 0 Å². The van der Waals surface area contributed by atoms with E-state index in [1.807, 2.05) is 0 Å². The average molecular weight is 213 g/mol. The molecule has 2 nitrogen and oxygen atoms in total. The molecule has 0 saturated heterocycles. The Kier molecular flexibility index (Phi) is 7.94. The zero-order chi connectivity index (χ0) is 10.8. The second-order valence-electron chi connectivity index (χ2n) is 4.78. The van der Waals surface area contributed by atoms with Crippen molar-refractivity contribution in [3.05, 3.63) is 0 Å². The van der Waals surface area contributed by atoms with Crippen LogP contribution in [0.5, 0.6) is 0 Å². The molecule has 2 N–H and O–H groups in total. The molecule has 0 spiro atoms. The van der Waals surface area contributed by atoms with Crippen LogP contribution in [-0.4, -0.2) is 24.3 Å². The van der Waals surface area contributed by atoms with Gasteiger partial charge in [0.2, 0.25) is 0 Å². The summed E-state index contributed by atoms with van der Waals surface area (Å²) in [5.74, 6) is 0. The van der Waals surface area contributed by atoms with Crippen LogP contribution in [0.4, 0.5) is 0 Å². The van der Waals surface area contributed by atoms with Crippen LogP contribution in [0.2, 0.25) is 0 Å². The zero-order valence-electron chi connectivity index (χ0n) is 10.0. The van der Waals surface area contributed by atoms with Gasteiger partial charge in [-0.15, -0.1) is 0 Å². The van der Waals surface area contributed by atoms with Crippen LogP contribution in [0.25, 0.3) is 0 Å². The van der Waals surface area contributed by atoms with E-state index < -0.39 is 0 Å². The second-order valence-corrected chi connectivity index (χ2v) is 4.78. The Bertz CT molecular complexity index is 130. The van der Waals surface area contributed by atoms with Gasteiger partial charge in [-0.25, -0.2) is 0 Å². The fourth-order valence-electron chi connectivity index (χ4n) is 2.38. The lowest BCUT2D eigenvalue weighted by molar-refractivity contribution is 0.282. The topological polar surface area (TPSA) is 32.3 Å². The molecule has 15 heavy (non-hydrogen) atoms. The molecule has 0 aromatic rings. The smallest absolute Gasteiger partial charge is 0.0431 e. The van der Waals surface area contributed by atoms with E-state index in [2.05, 4.69) is 5.32 Å². The maximum absolute atomic E-state index is 8.64. The van der Waals surface area contributed by atoms with Gasteiger partial charge in [0.1, 0.15) is 0 Å². The number of nitrogens with one attached hydrogen (secondary N) is 1. The van der Waals surface area contributed by atoms with Crippen LogP contribution >= 0.6 is 0 Å². The summed E-state index contributed by atoms with van der Waals surface area (Å²) in [4.78, 5) is 0. The minimum absolute atomic E-state index is 0.357. The summed E-state index contributed by atoms with van der Waals surface area (Å²) in [6.07, 6.45) is 13.2. The highest BCUT2D eigenvalue weighted by atomic mass is 16.2. The van der Waals surface area contributed by atoms with E-state index in [1.165, 1.54) is 64.3 Å². The Balaban J connectivity index is 1.89. The minimum atomic E-state index is 0.357. The molecule has 1 aliphatic rings. The van der Waals surface area contributed by atoms with E-state index in [-0.39, 0.29) is 0 Å². The highest BCUT2D eigenvalue weighted by Crippen LogP contribution is 2.17. The lowest BCUT2D eigenvalue weighted by atomic mass is 10.1. The molecule has 0 atom stereocenters. The molecule has 2 heteroatoms. The van der Waals surface area contributed by atoms with Crippen molar-refractivity contribution in [1.82, 2.24) is 5.32 Å².